The first kappa shape index (κ1) is 22.9. The molecule has 3 aromatic rings. The van der Waals surface area contributed by atoms with Gasteiger partial charge in [0.25, 0.3) is 0 Å². The fourth-order valence-corrected chi connectivity index (χ4v) is 5.84. The summed E-state index contributed by atoms with van der Waals surface area (Å²) in [6.07, 6.45) is 2.44. The Labute approximate surface area is 209 Å². The molecule has 2 aliphatic heterocycles. The van der Waals surface area contributed by atoms with E-state index in [1.54, 1.807) is 24.0 Å². The lowest BCUT2D eigenvalue weighted by Crippen LogP contribution is -2.56. The van der Waals surface area contributed by atoms with Crippen LogP contribution in [0, 0.1) is 18.6 Å². The second kappa shape index (κ2) is 9.17. The molecule has 0 saturated carbocycles. The molecule has 2 unspecified atom stereocenters. The number of benzene rings is 3. The molecule has 0 radical (unpaired) electrons. The van der Waals surface area contributed by atoms with Crippen LogP contribution in [-0.2, 0) is 15.9 Å². The molecule has 2 bridgehead atoms. The summed E-state index contributed by atoms with van der Waals surface area (Å²) in [5.41, 5.74) is 6.32. The van der Waals surface area contributed by atoms with Crippen LogP contribution < -0.4 is 0 Å². The van der Waals surface area contributed by atoms with Gasteiger partial charge >= 0.3 is 6.09 Å². The van der Waals surface area contributed by atoms with Crippen molar-refractivity contribution < 1.29 is 23.0 Å². The Balaban J connectivity index is 1.19. The topological polar surface area (TPSA) is 38.8 Å². The second-order valence-electron chi connectivity index (χ2n) is 9.85. The number of ether oxygens (including phenoxy) is 2. The number of amides is 1. The van der Waals surface area contributed by atoms with Gasteiger partial charge in [0.05, 0.1) is 25.3 Å². The van der Waals surface area contributed by atoms with Crippen LogP contribution in [0.3, 0.4) is 0 Å². The Morgan fingerprint density at radius 1 is 0.972 bits per heavy atom. The zero-order valence-electron chi connectivity index (χ0n) is 20.0. The number of hydrogen-bond acceptors (Lipinski definition) is 3. The van der Waals surface area contributed by atoms with E-state index in [-0.39, 0.29) is 30.7 Å². The van der Waals surface area contributed by atoms with E-state index in [1.807, 2.05) is 30.3 Å². The fourth-order valence-electron chi connectivity index (χ4n) is 5.84. The van der Waals surface area contributed by atoms with Crippen LogP contribution in [-0.4, -0.2) is 42.9 Å². The van der Waals surface area contributed by atoms with Crippen molar-refractivity contribution in [2.24, 2.45) is 0 Å². The number of aryl methyl sites for hydroxylation is 1. The molecule has 4 nitrogen and oxygen atoms in total. The Kier molecular flexibility index (Phi) is 5.84. The van der Waals surface area contributed by atoms with Gasteiger partial charge in [-0.15, -0.1) is 0 Å². The van der Waals surface area contributed by atoms with Crippen LogP contribution in [0.25, 0.3) is 11.1 Å². The minimum Gasteiger partial charge on any atom is -0.448 e. The van der Waals surface area contributed by atoms with E-state index in [4.69, 9.17) is 9.47 Å². The van der Waals surface area contributed by atoms with Crippen LogP contribution in [0.1, 0.15) is 34.6 Å². The van der Waals surface area contributed by atoms with E-state index < -0.39 is 11.6 Å². The normalized spacial score (nSPS) is 20.5. The van der Waals surface area contributed by atoms with Crippen molar-refractivity contribution in [3.8, 4) is 11.1 Å². The smallest absolute Gasteiger partial charge is 0.410 e. The number of carbonyl (C=O) groups is 1. The summed E-state index contributed by atoms with van der Waals surface area (Å²) in [7, 11) is 0. The van der Waals surface area contributed by atoms with Crippen molar-refractivity contribution in [2.45, 2.75) is 37.8 Å². The highest BCUT2D eigenvalue weighted by atomic mass is 19.2. The number of fused-ring (bicyclic) bond motifs is 5. The summed E-state index contributed by atoms with van der Waals surface area (Å²) in [6.45, 7) is 2.56. The van der Waals surface area contributed by atoms with E-state index in [1.165, 1.54) is 22.3 Å². The molecule has 6 heteroatoms. The van der Waals surface area contributed by atoms with E-state index >= 15 is 0 Å². The molecule has 0 N–H and O–H groups in total. The number of rotatable bonds is 4. The zero-order valence-corrected chi connectivity index (χ0v) is 20.0. The van der Waals surface area contributed by atoms with Crippen LogP contribution in [0.15, 0.2) is 72.3 Å². The minimum absolute atomic E-state index is 0.00672. The van der Waals surface area contributed by atoms with Crippen LogP contribution in [0.4, 0.5) is 13.6 Å². The first-order valence-corrected chi connectivity index (χ1v) is 12.4. The van der Waals surface area contributed by atoms with Gasteiger partial charge in [-0.25, -0.2) is 13.6 Å². The third kappa shape index (κ3) is 3.90. The van der Waals surface area contributed by atoms with Crippen molar-refractivity contribution in [1.82, 2.24) is 4.90 Å². The zero-order chi connectivity index (χ0) is 24.8. The maximum absolute atomic E-state index is 14.5. The van der Waals surface area contributed by atoms with Gasteiger partial charge in [-0.1, -0.05) is 72.3 Å². The largest absolute Gasteiger partial charge is 0.448 e. The molecule has 2 atom stereocenters. The van der Waals surface area contributed by atoms with Gasteiger partial charge in [-0.05, 0) is 53.1 Å². The lowest BCUT2D eigenvalue weighted by molar-refractivity contribution is -0.0364. The van der Waals surface area contributed by atoms with E-state index in [2.05, 4.69) is 24.3 Å². The van der Waals surface area contributed by atoms with Crippen molar-refractivity contribution in [3.63, 3.8) is 0 Å². The van der Waals surface area contributed by atoms with Crippen molar-refractivity contribution in [3.05, 3.63) is 106 Å². The Bertz CT molecular complexity index is 1320. The number of morpholine rings is 1. The molecule has 6 rings (SSSR count). The maximum atomic E-state index is 14.5. The monoisotopic (exact) mass is 487 g/mol. The number of hydrogen-bond donors (Lipinski definition) is 0. The Morgan fingerprint density at radius 2 is 1.67 bits per heavy atom. The molecule has 0 aromatic heterocycles. The quantitative estimate of drug-likeness (QED) is 0.414. The molecule has 0 spiro atoms. The Hall–Kier alpha value is -3.51. The SMILES string of the molecule is Cc1ccc(CC2=CC3COCC(C2)N3C(=O)OCC2c3ccccc3-c3ccccc32)c(F)c1F. The summed E-state index contributed by atoms with van der Waals surface area (Å²) in [6, 6.07) is 19.2. The van der Waals surface area contributed by atoms with Crippen LogP contribution in [0.2, 0.25) is 0 Å². The maximum Gasteiger partial charge on any atom is 0.410 e. The minimum atomic E-state index is -0.798. The van der Waals surface area contributed by atoms with Gasteiger partial charge in [0.1, 0.15) is 6.61 Å². The third-order valence-corrected chi connectivity index (χ3v) is 7.60. The van der Waals surface area contributed by atoms with Crippen molar-refractivity contribution in [2.75, 3.05) is 19.8 Å². The molecule has 3 aliphatic rings. The molecular formula is C30H27F2NO3. The van der Waals surface area contributed by atoms with Gasteiger partial charge < -0.3 is 9.47 Å². The lowest BCUT2D eigenvalue weighted by Gasteiger charge is -2.44. The van der Waals surface area contributed by atoms with Crippen molar-refractivity contribution in [1.29, 1.82) is 0 Å². The number of nitrogens with zero attached hydrogens (tertiary/aromatic N) is 1. The third-order valence-electron chi connectivity index (χ3n) is 7.60. The second-order valence-corrected chi connectivity index (χ2v) is 9.85. The van der Waals surface area contributed by atoms with Gasteiger partial charge in [0.15, 0.2) is 11.6 Å². The molecule has 1 saturated heterocycles. The lowest BCUT2D eigenvalue weighted by atomic mass is 9.90. The Morgan fingerprint density at radius 3 is 2.36 bits per heavy atom. The molecular weight excluding hydrogens is 460 g/mol. The average Bonchev–Trinajstić information content (AvgIpc) is 3.21. The summed E-state index contributed by atoms with van der Waals surface area (Å²) >= 11 is 0. The molecule has 184 valence electrons. The fraction of sp³-hybridized carbons (Fsp3) is 0.300. The number of carbonyl (C=O) groups excluding carboxylic acids is 1. The molecule has 3 aromatic carbocycles. The van der Waals surface area contributed by atoms with Gasteiger partial charge in [-0.3, -0.25) is 4.90 Å². The van der Waals surface area contributed by atoms with E-state index in [0.717, 1.165) is 5.57 Å². The van der Waals surface area contributed by atoms with Gasteiger partial charge in [0, 0.05) is 5.92 Å². The predicted molar refractivity (Wildman–Crippen MR) is 133 cm³/mol. The molecule has 1 fully saturated rings. The van der Waals surface area contributed by atoms with Crippen LogP contribution >= 0.6 is 0 Å². The number of halogens is 2. The van der Waals surface area contributed by atoms with Gasteiger partial charge in [-0.2, -0.15) is 0 Å². The first-order valence-electron chi connectivity index (χ1n) is 12.4. The standard InChI is InChI=1S/C30H27F2NO3/c1-18-10-11-20(29(32)28(18)31)12-19-13-21-15-35-16-22(14-19)33(21)30(34)36-17-27-25-8-4-2-6-23(25)24-7-3-5-9-26(24)27/h2-11,13,21-22,27H,12,14-17H2,1H3. The molecule has 1 amide bonds. The van der Waals surface area contributed by atoms with E-state index in [0.29, 0.717) is 37.2 Å². The summed E-state index contributed by atoms with van der Waals surface area (Å²) in [5, 5.41) is 0. The molecule has 1 aliphatic carbocycles. The van der Waals surface area contributed by atoms with Crippen molar-refractivity contribution >= 4 is 6.09 Å². The van der Waals surface area contributed by atoms with Crippen LogP contribution in [0.5, 0.6) is 0 Å². The first-order chi connectivity index (χ1) is 17.5. The summed E-state index contributed by atoms with van der Waals surface area (Å²) < 4.78 is 40.1. The highest BCUT2D eigenvalue weighted by Crippen LogP contribution is 2.44. The average molecular weight is 488 g/mol. The summed E-state index contributed by atoms with van der Waals surface area (Å²) in [4.78, 5) is 15.1. The highest BCUT2D eigenvalue weighted by molar-refractivity contribution is 5.79. The van der Waals surface area contributed by atoms with E-state index in [9.17, 15) is 13.6 Å². The highest BCUT2D eigenvalue weighted by Gasteiger charge is 2.39. The predicted octanol–water partition coefficient (Wildman–Crippen LogP) is 6.16. The molecule has 2 heterocycles. The summed E-state index contributed by atoms with van der Waals surface area (Å²) in [5.74, 6) is -1.60. The molecule has 36 heavy (non-hydrogen) atoms. The van der Waals surface area contributed by atoms with Gasteiger partial charge in [0.2, 0.25) is 0 Å².